The number of hydrogen-bond acceptors (Lipinski definition) is 5. The smallest absolute Gasteiger partial charge is 0.289 e. The second kappa shape index (κ2) is 8.48. The fraction of sp³-hybridized carbons (Fsp3) is 0.389. The van der Waals surface area contributed by atoms with Crippen molar-refractivity contribution < 1.29 is 17.6 Å². The van der Waals surface area contributed by atoms with Gasteiger partial charge in [0.25, 0.3) is 15.9 Å². The average Bonchev–Trinajstić information content (AvgIpc) is 3.11. The summed E-state index contributed by atoms with van der Waals surface area (Å²) in [4.78, 5) is 16.3. The van der Waals surface area contributed by atoms with Crippen molar-refractivity contribution in [2.75, 3.05) is 27.7 Å². The largest absolute Gasteiger partial charge is 0.438 e. The molecule has 0 fully saturated rings. The lowest BCUT2D eigenvalue weighted by Gasteiger charge is -2.20. The topological polar surface area (TPSA) is 82.9 Å². The number of carbonyl (C=O) groups is 1. The minimum Gasteiger partial charge on any atom is -0.438 e. The van der Waals surface area contributed by atoms with Crippen molar-refractivity contribution in [2.45, 2.75) is 25.1 Å². The molecule has 2 rings (SSSR count). The van der Waals surface area contributed by atoms with Gasteiger partial charge in [-0.3, -0.25) is 4.79 Å². The Morgan fingerprint density at radius 2 is 1.62 bits per heavy atom. The van der Waals surface area contributed by atoms with Gasteiger partial charge in [0.05, 0.1) is 0 Å². The van der Waals surface area contributed by atoms with Gasteiger partial charge in [-0.25, -0.2) is 13.1 Å². The first-order chi connectivity index (χ1) is 12.3. The number of hydrogen-bond donors (Lipinski definition) is 1. The highest BCUT2D eigenvalue weighted by molar-refractivity contribution is 7.89. The second-order valence-electron chi connectivity index (χ2n) is 6.20. The molecule has 0 spiro atoms. The Bertz CT molecular complexity index is 842. The molecule has 0 aliphatic carbocycles. The molecule has 0 radical (unpaired) electrons. The lowest BCUT2D eigenvalue weighted by atomic mass is 10.1. The zero-order valence-electron chi connectivity index (χ0n) is 15.5. The summed E-state index contributed by atoms with van der Waals surface area (Å²) in [7, 11) is 1.60. The molecule has 0 unspecified atom stereocenters. The van der Waals surface area contributed by atoms with Crippen LogP contribution in [0.25, 0.3) is 0 Å². The van der Waals surface area contributed by atoms with Gasteiger partial charge in [-0.1, -0.05) is 24.3 Å². The van der Waals surface area contributed by atoms with Gasteiger partial charge < -0.3 is 14.2 Å². The highest BCUT2D eigenvalue weighted by atomic mass is 32.2. The Kier molecular flexibility index (Phi) is 6.57. The molecule has 0 atom stereocenters. The number of carbonyl (C=O) groups excluding carboxylic acids is 1. The van der Waals surface area contributed by atoms with E-state index in [2.05, 4.69) is 9.62 Å². The van der Waals surface area contributed by atoms with Gasteiger partial charge in [0.15, 0.2) is 5.76 Å². The van der Waals surface area contributed by atoms with Gasteiger partial charge in [-0.15, -0.1) is 0 Å². The first kappa shape index (κ1) is 20.2. The van der Waals surface area contributed by atoms with Gasteiger partial charge >= 0.3 is 0 Å². The maximum Gasteiger partial charge on any atom is 0.289 e. The van der Waals surface area contributed by atoms with Gasteiger partial charge in [-0.2, -0.15) is 0 Å². The van der Waals surface area contributed by atoms with Crippen molar-refractivity contribution in [1.29, 1.82) is 0 Å². The Morgan fingerprint density at radius 3 is 2.12 bits per heavy atom. The number of nitrogens with zero attached hydrogens (tertiary/aromatic N) is 2. The van der Waals surface area contributed by atoms with Crippen LogP contribution in [0.2, 0.25) is 0 Å². The van der Waals surface area contributed by atoms with Crippen LogP contribution in [0.1, 0.15) is 28.6 Å². The fourth-order valence-electron chi connectivity index (χ4n) is 2.50. The Labute approximate surface area is 154 Å². The molecule has 1 aromatic carbocycles. The maximum atomic E-state index is 12.6. The molecule has 0 bridgehead atoms. The van der Waals surface area contributed by atoms with Gasteiger partial charge in [0.1, 0.15) is 0 Å². The van der Waals surface area contributed by atoms with Gasteiger partial charge in [-0.05, 0) is 51.3 Å². The van der Waals surface area contributed by atoms with Crippen LogP contribution in [0, 0.1) is 0 Å². The summed E-state index contributed by atoms with van der Waals surface area (Å²) in [5, 5.41) is -0.271. The van der Waals surface area contributed by atoms with E-state index in [0.29, 0.717) is 13.1 Å². The van der Waals surface area contributed by atoms with Crippen molar-refractivity contribution in [1.82, 2.24) is 14.5 Å². The maximum absolute atomic E-state index is 12.6. The van der Waals surface area contributed by atoms with E-state index in [4.69, 9.17) is 4.42 Å². The molecule has 0 aliphatic rings. The van der Waals surface area contributed by atoms with Crippen molar-refractivity contribution >= 4 is 15.9 Å². The minimum atomic E-state index is -3.71. The number of furan rings is 1. The van der Waals surface area contributed by atoms with Crippen molar-refractivity contribution in [3.63, 3.8) is 0 Å². The molecule has 1 aromatic heterocycles. The van der Waals surface area contributed by atoms with Gasteiger partial charge in [0, 0.05) is 19.6 Å². The van der Waals surface area contributed by atoms with E-state index in [1.54, 1.807) is 4.90 Å². The first-order valence-electron chi connectivity index (χ1n) is 8.32. The number of nitrogens with one attached hydrogen (secondary N) is 1. The molecule has 142 valence electrons. The zero-order valence-corrected chi connectivity index (χ0v) is 16.3. The standard InChI is InChI=1S/C18H25N3O4S/c1-5-21(13-15-8-6-14(7-9-15)12-20(3)4)18(22)16-10-11-17(25-16)26(23,24)19-2/h6-11,19H,5,12-13H2,1-4H3. The minimum absolute atomic E-state index is 0.00454. The lowest BCUT2D eigenvalue weighted by molar-refractivity contribution is 0.0714. The van der Waals surface area contributed by atoms with E-state index < -0.39 is 10.0 Å². The van der Waals surface area contributed by atoms with E-state index >= 15 is 0 Å². The monoisotopic (exact) mass is 379 g/mol. The van der Waals surface area contributed by atoms with E-state index in [0.717, 1.165) is 12.1 Å². The van der Waals surface area contributed by atoms with E-state index in [1.165, 1.54) is 24.7 Å². The summed E-state index contributed by atoms with van der Waals surface area (Å²) < 4.78 is 30.9. The zero-order chi connectivity index (χ0) is 19.3. The molecule has 8 heteroatoms. The Hall–Kier alpha value is -2.16. The van der Waals surface area contributed by atoms with E-state index in [9.17, 15) is 13.2 Å². The molecule has 26 heavy (non-hydrogen) atoms. The third-order valence-electron chi connectivity index (χ3n) is 3.89. The van der Waals surface area contributed by atoms with Crippen molar-refractivity contribution in [3.8, 4) is 0 Å². The highest BCUT2D eigenvalue weighted by Crippen LogP contribution is 2.17. The molecule has 1 heterocycles. The van der Waals surface area contributed by atoms with Crippen LogP contribution in [0.3, 0.4) is 0 Å². The highest BCUT2D eigenvalue weighted by Gasteiger charge is 2.22. The third-order valence-corrected chi connectivity index (χ3v) is 5.18. The van der Waals surface area contributed by atoms with E-state index in [-0.39, 0.29) is 16.8 Å². The normalized spacial score (nSPS) is 11.7. The average molecular weight is 379 g/mol. The van der Waals surface area contributed by atoms with Crippen molar-refractivity contribution in [2.24, 2.45) is 0 Å². The molecule has 7 nitrogen and oxygen atoms in total. The Balaban J connectivity index is 2.12. The summed E-state index contributed by atoms with van der Waals surface area (Å²) in [5.41, 5.74) is 2.19. The molecule has 2 aromatic rings. The molecular formula is C18H25N3O4S. The Morgan fingerprint density at radius 1 is 1.04 bits per heavy atom. The summed E-state index contributed by atoms with van der Waals surface area (Å²) in [6.45, 7) is 3.62. The number of rotatable bonds is 8. The molecule has 1 N–H and O–H groups in total. The number of sulfonamides is 1. The molecule has 0 saturated heterocycles. The van der Waals surface area contributed by atoms with Crippen LogP contribution in [-0.4, -0.2) is 51.8 Å². The summed E-state index contributed by atoms with van der Waals surface area (Å²) in [6.07, 6.45) is 0. The summed E-state index contributed by atoms with van der Waals surface area (Å²) >= 11 is 0. The lowest BCUT2D eigenvalue weighted by Crippen LogP contribution is -2.30. The SMILES string of the molecule is CCN(Cc1ccc(CN(C)C)cc1)C(=O)c1ccc(S(=O)(=O)NC)o1. The predicted octanol–water partition coefficient (Wildman–Crippen LogP) is 1.91. The number of benzene rings is 1. The predicted molar refractivity (Wildman–Crippen MR) is 99.2 cm³/mol. The molecule has 1 amide bonds. The van der Waals surface area contributed by atoms with Crippen LogP contribution in [0.5, 0.6) is 0 Å². The molecular weight excluding hydrogens is 354 g/mol. The fourth-order valence-corrected chi connectivity index (χ4v) is 3.15. The van der Waals surface area contributed by atoms with Crippen LogP contribution < -0.4 is 4.72 Å². The summed E-state index contributed by atoms with van der Waals surface area (Å²) in [5.74, 6) is -0.340. The first-order valence-corrected chi connectivity index (χ1v) is 9.80. The van der Waals surface area contributed by atoms with E-state index in [1.807, 2.05) is 45.3 Å². The molecule has 0 aliphatic heterocycles. The quantitative estimate of drug-likeness (QED) is 0.758. The second-order valence-corrected chi connectivity index (χ2v) is 8.02. The van der Waals surface area contributed by atoms with Crippen LogP contribution in [0.4, 0.5) is 0 Å². The van der Waals surface area contributed by atoms with Crippen LogP contribution in [-0.2, 0) is 23.1 Å². The van der Waals surface area contributed by atoms with Gasteiger partial charge in [0.2, 0.25) is 5.09 Å². The number of amides is 1. The van der Waals surface area contributed by atoms with Crippen molar-refractivity contribution in [3.05, 3.63) is 53.3 Å². The van der Waals surface area contributed by atoms with Crippen LogP contribution >= 0.6 is 0 Å². The van der Waals surface area contributed by atoms with Crippen LogP contribution in [0.15, 0.2) is 45.9 Å². The molecule has 0 saturated carbocycles. The summed E-state index contributed by atoms with van der Waals surface area (Å²) in [6, 6.07) is 10.7. The third kappa shape index (κ3) is 4.94.